The maximum atomic E-state index is 13.6. The van der Waals surface area contributed by atoms with E-state index in [1.54, 1.807) is 25.3 Å². The molecule has 0 aliphatic carbocycles. The Kier molecular flexibility index (Phi) is 4.58. The number of benzene rings is 2. The standard InChI is InChI=1S/C16H18FNO2/c1-11-6-7-14(17)15(8-11)18-10-16(19)12-4-3-5-13(9-12)20-2/h3-9,16,18-19H,10H2,1-2H3. The van der Waals surface area contributed by atoms with Gasteiger partial charge in [-0.2, -0.15) is 0 Å². The molecule has 0 spiro atoms. The Morgan fingerprint density at radius 3 is 2.80 bits per heavy atom. The van der Waals surface area contributed by atoms with E-state index >= 15 is 0 Å². The Hall–Kier alpha value is -2.07. The first-order valence-corrected chi connectivity index (χ1v) is 6.42. The van der Waals surface area contributed by atoms with Gasteiger partial charge in [-0.3, -0.25) is 0 Å². The van der Waals surface area contributed by atoms with Crippen LogP contribution in [0.5, 0.6) is 5.75 Å². The number of nitrogens with one attached hydrogen (secondary N) is 1. The van der Waals surface area contributed by atoms with Crippen LogP contribution in [-0.4, -0.2) is 18.8 Å². The normalized spacial score (nSPS) is 12.0. The van der Waals surface area contributed by atoms with Gasteiger partial charge in [-0.15, -0.1) is 0 Å². The smallest absolute Gasteiger partial charge is 0.146 e. The van der Waals surface area contributed by atoms with E-state index in [9.17, 15) is 9.50 Å². The van der Waals surface area contributed by atoms with Crippen molar-refractivity contribution in [3.63, 3.8) is 0 Å². The van der Waals surface area contributed by atoms with Crippen molar-refractivity contribution in [1.82, 2.24) is 0 Å². The van der Waals surface area contributed by atoms with E-state index in [1.807, 2.05) is 25.1 Å². The molecule has 2 N–H and O–H groups in total. The molecule has 0 saturated carbocycles. The number of rotatable bonds is 5. The molecule has 2 rings (SSSR count). The lowest BCUT2D eigenvalue weighted by Gasteiger charge is -2.14. The van der Waals surface area contributed by atoms with Crippen molar-refractivity contribution in [2.75, 3.05) is 19.0 Å². The molecule has 0 aromatic heterocycles. The Morgan fingerprint density at radius 1 is 1.25 bits per heavy atom. The lowest BCUT2D eigenvalue weighted by Crippen LogP contribution is -2.13. The van der Waals surface area contributed by atoms with Gasteiger partial charge in [-0.05, 0) is 42.3 Å². The Bertz CT molecular complexity index is 586. The van der Waals surface area contributed by atoms with Crippen molar-refractivity contribution >= 4 is 5.69 Å². The summed E-state index contributed by atoms with van der Waals surface area (Å²) in [5, 5.41) is 13.0. The highest BCUT2D eigenvalue weighted by atomic mass is 19.1. The number of aliphatic hydroxyl groups is 1. The van der Waals surface area contributed by atoms with Gasteiger partial charge in [0.15, 0.2) is 0 Å². The molecule has 0 amide bonds. The van der Waals surface area contributed by atoms with Crippen molar-refractivity contribution in [2.45, 2.75) is 13.0 Å². The van der Waals surface area contributed by atoms with Crippen LogP contribution in [0.4, 0.5) is 10.1 Å². The molecule has 0 aliphatic rings. The summed E-state index contributed by atoms with van der Waals surface area (Å²) in [4.78, 5) is 0. The van der Waals surface area contributed by atoms with Crippen LogP contribution in [0.2, 0.25) is 0 Å². The molecule has 0 heterocycles. The highest BCUT2D eigenvalue weighted by Crippen LogP contribution is 2.21. The lowest BCUT2D eigenvalue weighted by molar-refractivity contribution is 0.191. The van der Waals surface area contributed by atoms with E-state index in [0.717, 1.165) is 11.1 Å². The SMILES string of the molecule is COc1cccc(C(O)CNc2cc(C)ccc2F)c1. The summed E-state index contributed by atoms with van der Waals surface area (Å²) < 4.78 is 18.7. The van der Waals surface area contributed by atoms with Gasteiger partial charge in [0.25, 0.3) is 0 Å². The van der Waals surface area contributed by atoms with Gasteiger partial charge >= 0.3 is 0 Å². The third-order valence-electron chi connectivity index (χ3n) is 3.09. The van der Waals surface area contributed by atoms with E-state index in [4.69, 9.17) is 4.74 Å². The molecule has 3 nitrogen and oxygen atoms in total. The summed E-state index contributed by atoms with van der Waals surface area (Å²) in [5.74, 6) is 0.358. The molecule has 20 heavy (non-hydrogen) atoms. The topological polar surface area (TPSA) is 41.5 Å². The Labute approximate surface area is 118 Å². The molecule has 1 unspecified atom stereocenters. The minimum absolute atomic E-state index is 0.230. The van der Waals surface area contributed by atoms with Gasteiger partial charge < -0.3 is 15.2 Å². The number of aryl methyl sites for hydroxylation is 1. The van der Waals surface area contributed by atoms with Crippen LogP contribution in [0.3, 0.4) is 0 Å². The summed E-state index contributed by atoms with van der Waals surface area (Å²) in [5.41, 5.74) is 2.08. The predicted molar refractivity (Wildman–Crippen MR) is 77.6 cm³/mol. The molecule has 0 aliphatic heterocycles. The van der Waals surface area contributed by atoms with E-state index in [1.165, 1.54) is 6.07 Å². The second kappa shape index (κ2) is 6.39. The third-order valence-corrected chi connectivity index (χ3v) is 3.09. The molecule has 0 fully saturated rings. The molecule has 4 heteroatoms. The van der Waals surface area contributed by atoms with Crippen LogP contribution in [0.25, 0.3) is 0 Å². The number of hydrogen-bond acceptors (Lipinski definition) is 3. The highest BCUT2D eigenvalue weighted by Gasteiger charge is 2.10. The van der Waals surface area contributed by atoms with E-state index in [-0.39, 0.29) is 12.4 Å². The average Bonchev–Trinajstić information content (AvgIpc) is 2.48. The van der Waals surface area contributed by atoms with Crippen molar-refractivity contribution < 1.29 is 14.2 Å². The molecule has 106 valence electrons. The summed E-state index contributed by atoms with van der Waals surface area (Å²) >= 11 is 0. The molecule has 2 aromatic carbocycles. The van der Waals surface area contributed by atoms with Gasteiger partial charge in [-0.25, -0.2) is 4.39 Å². The predicted octanol–water partition coefficient (Wildman–Crippen LogP) is 3.29. The maximum absolute atomic E-state index is 13.6. The fraction of sp³-hybridized carbons (Fsp3) is 0.250. The van der Waals surface area contributed by atoms with Crippen LogP contribution in [-0.2, 0) is 0 Å². The second-order valence-corrected chi connectivity index (χ2v) is 4.66. The molecule has 0 bridgehead atoms. The molecular weight excluding hydrogens is 257 g/mol. The van der Waals surface area contributed by atoms with E-state index in [0.29, 0.717) is 11.4 Å². The zero-order valence-corrected chi connectivity index (χ0v) is 11.6. The molecule has 2 aromatic rings. The Morgan fingerprint density at radius 2 is 2.05 bits per heavy atom. The first-order valence-electron chi connectivity index (χ1n) is 6.42. The number of aliphatic hydroxyl groups excluding tert-OH is 1. The van der Waals surface area contributed by atoms with E-state index < -0.39 is 6.10 Å². The second-order valence-electron chi connectivity index (χ2n) is 4.66. The number of anilines is 1. The summed E-state index contributed by atoms with van der Waals surface area (Å²) in [6, 6.07) is 12.0. The zero-order valence-electron chi connectivity index (χ0n) is 11.6. The first kappa shape index (κ1) is 14.3. The summed E-state index contributed by atoms with van der Waals surface area (Å²) in [7, 11) is 1.58. The minimum Gasteiger partial charge on any atom is -0.497 e. The summed E-state index contributed by atoms with van der Waals surface area (Å²) in [6.45, 7) is 2.12. The van der Waals surface area contributed by atoms with Gasteiger partial charge in [0, 0.05) is 6.54 Å². The molecule has 0 saturated heterocycles. The largest absolute Gasteiger partial charge is 0.497 e. The van der Waals surface area contributed by atoms with Crippen molar-refractivity contribution in [2.24, 2.45) is 0 Å². The lowest BCUT2D eigenvalue weighted by atomic mass is 10.1. The minimum atomic E-state index is -0.731. The van der Waals surface area contributed by atoms with Gasteiger partial charge in [0.1, 0.15) is 11.6 Å². The molecule has 1 atom stereocenters. The number of methoxy groups -OCH3 is 1. The van der Waals surface area contributed by atoms with Crippen LogP contribution in [0.15, 0.2) is 42.5 Å². The fourth-order valence-electron chi connectivity index (χ4n) is 1.95. The van der Waals surface area contributed by atoms with E-state index in [2.05, 4.69) is 5.32 Å². The number of halogens is 1. The number of hydrogen-bond donors (Lipinski definition) is 2. The molecule has 0 radical (unpaired) electrons. The monoisotopic (exact) mass is 275 g/mol. The highest BCUT2D eigenvalue weighted by molar-refractivity contribution is 5.47. The van der Waals surface area contributed by atoms with Crippen LogP contribution < -0.4 is 10.1 Å². The Balaban J connectivity index is 2.04. The molecular formula is C16H18FNO2. The number of ether oxygens (including phenoxy) is 1. The fourth-order valence-corrected chi connectivity index (χ4v) is 1.95. The van der Waals surface area contributed by atoms with Gasteiger partial charge in [0.2, 0.25) is 0 Å². The van der Waals surface area contributed by atoms with Crippen molar-refractivity contribution in [1.29, 1.82) is 0 Å². The first-order chi connectivity index (χ1) is 9.60. The quantitative estimate of drug-likeness (QED) is 0.879. The maximum Gasteiger partial charge on any atom is 0.146 e. The van der Waals surface area contributed by atoms with Crippen LogP contribution in [0, 0.1) is 12.7 Å². The van der Waals surface area contributed by atoms with Gasteiger partial charge in [0.05, 0.1) is 18.9 Å². The summed E-state index contributed by atoms with van der Waals surface area (Å²) in [6.07, 6.45) is -0.731. The van der Waals surface area contributed by atoms with Gasteiger partial charge in [-0.1, -0.05) is 18.2 Å². The van der Waals surface area contributed by atoms with Crippen molar-refractivity contribution in [3.8, 4) is 5.75 Å². The zero-order chi connectivity index (χ0) is 14.5. The van der Waals surface area contributed by atoms with Crippen LogP contribution >= 0.6 is 0 Å². The average molecular weight is 275 g/mol. The van der Waals surface area contributed by atoms with Crippen molar-refractivity contribution in [3.05, 3.63) is 59.4 Å². The third kappa shape index (κ3) is 3.48. The van der Waals surface area contributed by atoms with Crippen LogP contribution in [0.1, 0.15) is 17.2 Å².